The molecule has 1 aliphatic carbocycles. The molecule has 1 saturated carbocycles. The van der Waals surface area contributed by atoms with Crippen LogP contribution in [0.2, 0.25) is 0 Å². The van der Waals surface area contributed by atoms with E-state index in [2.05, 4.69) is 22.7 Å². The molecule has 0 aliphatic heterocycles. The molecule has 0 atom stereocenters. The first-order valence-electron chi connectivity index (χ1n) is 5.00. The highest BCUT2D eigenvalue weighted by atomic mass is 15.1. The van der Waals surface area contributed by atoms with Crippen molar-refractivity contribution in [2.75, 3.05) is 6.54 Å². The minimum Gasteiger partial charge on any atom is -0.334 e. The fourth-order valence-electron chi connectivity index (χ4n) is 1.76. The van der Waals surface area contributed by atoms with E-state index in [0.717, 1.165) is 19.5 Å². The Morgan fingerprint density at radius 1 is 1.62 bits per heavy atom. The predicted molar refractivity (Wildman–Crippen MR) is 52.3 cm³/mol. The summed E-state index contributed by atoms with van der Waals surface area (Å²) in [6.07, 6.45) is 7.52. The number of aryl methyl sites for hydroxylation is 1. The van der Waals surface area contributed by atoms with Crippen LogP contribution in [0.1, 0.15) is 25.6 Å². The largest absolute Gasteiger partial charge is 0.334 e. The molecule has 1 aliphatic rings. The Hall–Kier alpha value is -0.830. The van der Waals surface area contributed by atoms with Crippen LogP contribution >= 0.6 is 0 Å². The summed E-state index contributed by atoms with van der Waals surface area (Å²) in [6.45, 7) is 4.02. The summed E-state index contributed by atoms with van der Waals surface area (Å²) in [6, 6.07) is 0. The molecule has 3 heteroatoms. The Morgan fingerprint density at radius 2 is 2.38 bits per heavy atom. The van der Waals surface area contributed by atoms with Crippen LogP contribution in [0.3, 0.4) is 0 Å². The van der Waals surface area contributed by atoms with Crippen molar-refractivity contribution in [1.82, 2.24) is 9.55 Å². The van der Waals surface area contributed by atoms with Crippen LogP contribution in [0.15, 0.2) is 12.4 Å². The average molecular weight is 179 g/mol. The minimum atomic E-state index is 0.407. The van der Waals surface area contributed by atoms with E-state index in [1.807, 2.05) is 6.20 Å². The molecule has 1 aromatic rings. The molecule has 1 aromatic heterocycles. The van der Waals surface area contributed by atoms with Gasteiger partial charge in [-0.3, -0.25) is 0 Å². The van der Waals surface area contributed by atoms with E-state index < -0.39 is 0 Å². The third kappa shape index (κ3) is 1.61. The molecule has 2 N–H and O–H groups in total. The molecule has 1 heterocycles. The highest BCUT2D eigenvalue weighted by Crippen LogP contribution is 2.46. The summed E-state index contributed by atoms with van der Waals surface area (Å²) in [7, 11) is 0. The van der Waals surface area contributed by atoms with Crippen molar-refractivity contribution in [3.63, 3.8) is 0 Å². The number of hydrogen-bond donors (Lipinski definition) is 1. The fourth-order valence-corrected chi connectivity index (χ4v) is 1.76. The summed E-state index contributed by atoms with van der Waals surface area (Å²) < 4.78 is 2.25. The molecule has 0 spiro atoms. The summed E-state index contributed by atoms with van der Waals surface area (Å²) in [5.41, 5.74) is 6.15. The molecule has 0 amide bonds. The molecular weight excluding hydrogens is 162 g/mol. The second kappa shape index (κ2) is 3.14. The Bertz CT molecular complexity index is 286. The Morgan fingerprint density at radius 3 is 2.92 bits per heavy atom. The molecular formula is C10H17N3. The zero-order chi connectivity index (χ0) is 9.31. The topological polar surface area (TPSA) is 43.8 Å². The number of aromatic nitrogens is 2. The van der Waals surface area contributed by atoms with Crippen molar-refractivity contribution in [1.29, 1.82) is 0 Å². The number of nitrogens with zero attached hydrogens (tertiary/aromatic N) is 2. The number of hydrogen-bond acceptors (Lipinski definition) is 2. The lowest BCUT2D eigenvalue weighted by Gasteiger charge is -2.14. The van der Waals surface area contributed by atoms with Crippen LogP contribution in [0.4, 0.5) is 0 Å². The third-order valence-corrected chi connectivity index (χ3v) is 3.01. The summed E-state index contributed by atoms with van der Waals surface area (Å²) in [5, 5.41) is 0. The molecule has 0 bridgehead atoms. The van der Waals surface area contributed by atoms with Gasteiger partial charge in [0.05, 0.1) is 0 Å². The van der Waals surface area contributed by atoms with E-state index in [9.17, 15) is 0 Å². The van der Waals surface area contributed by atoms with Crippen molar-refractivity contribution in [2.24, 2.45) is 11.1 Å². The number of imidazole rings is 1. The molecule has 3 nitrogen and oxygen atoms in total. The van der Waals surface area contributed by atoms with Gasteiger partial charge < -0.3 is 10.3 Å². The lowest BCUT2D eigenvalue weighted by atomic mass is 10.1. The van der Waals surface area contributed by atoms with Crippen molar-refractivity contribution in [2.45, 2.75) is 32.7 Å². The lowest BCUT2D eigenvalue weighted by Crippen LogP contribution is -2.22. The van der Waals surface area contributed by atoms with Crippen molar-refractivity contribution < 1.29 is 0 Å². The number of nitrogens with two attached hydrogens (primary N) is 1. The van der Waals surface area contributed by atoms with Crippen LogP contribution in [0.5, 0.6) is 0 Å². The third-order valence-electron chi connectivity index (χ3n) is 3.01. The highest BCUT2D eigenvalue weighted by molar-refractivity contribution is 4.99. The van der Waals surface area contributed by atoms with E-state index in [4.69, 9.17) is 5.73 Å². The van der Waals surface area contributed by atoms with Gasteiger partial charge in [-0.1, -0.05) is 6.92 Å². The summed E-state index contributed by atoms with van der Waals surface area (Å²) in [4.78, 5) is 4.30. The van der Waals surface area contributed by atoms with E-state index >= 15 is 0 Å². The van der Waals surface area contributed by atoms with E-state index in [-0.39, 0.29) is 0 Å². The average Bonchev–Trinajstić information content (AvgIpc) is 2.78. The monoisotopic (exact) mass is 179 g/mol. The SMILES string of the molecule is CCc1nccn1CC1(CN)CC1. The van der Waals surface area contributed by atoms with Crippen LogP contribution in [-0.2, 0) is 13.0 Å². The molecule has 0 saturated heterocycles. The van der Waals surface area contributed by atoms with Gasteiger partial charge in [-0.25, -0.2) is 4.98 Å². The second-order valence-corrected chi connectivity index (χ2v) is 4.03. The van der Waals surface area contributed by atoms with Crippen LogP contribution in [-0.4, -0.2) is 16.1 Å². The summed E-state index contributed by atoms with van der Waals surface area (Å²) >= 11 is 0. The van der Waals surface area contributed by atoms with Gasteiger partial charge in [0.15, 0.2) is 0 Å². The van der Waals surface area contributed by atoms with E-state index in [1.165, 1.54) is 18.7 Å². The Kier molecular flexibility index (Phi) is 2.12. The maximum atomic E-state index is 5.74. The second-order valence-electron chi connectivity index (χ2n) is 4.03. The molecule has 1 fully saturated rings. The molecule has 0 unspecified atom stereocenters. The van der Waals surface area contributed by atoms with Gasteiger partial charge in [-0.15, -0.1) is 0 Å². The van der Waals surface area contributed by atoms with Crippen molar-refractivity contribution in [3.8, 4) is 0 Å². The first-order chi connectivity index (χ1) is 6.29. The van der Waals surface area contributed by atoms with Crippen LogP contribution in [0.25, 0.3) is 0 Å². The summed E-state index contributed by atoms with van der Waals surface area (Å²) in [5.74, 6) is 1.18. The molecule has 72 valence electrons. The minimum absolute atomic E-state index is 0.407. The van der Waals surface area contributed by atoms with Gasteiger partial charge >= 0.3 is 0 Å². The predicted octanol–water partition coefficient (Wildman–Crippen LogP) is 1.18. The molecule has 0 aromatic carbocycles. The lowest BCUT2D eigenvalue weighted by molar-refractivity contribution is 0.425. The highest BCUT2D eigenvalue weighted by Gasteiger charge is 2.41. The normalized spacial score (nSPS) is 18.9. The van der Waals surface area contributed by atoms with E-state index in [0.29, 0.717) is 5.41 Å². The smallest absolute Gasteiger partial charge is 0.108 e. The van der Waals surface area contributed by atoms with Gasteiger partial charge in [0.25, 0.3) is 0 Å². The van der Waals surface area contributed by atoms with Crippen LogP contribution in [0, 0.1) is 5.41 Å². The van der Waals surface area contributed by atoms with E-state index in [1.54, 1.807) is 0 Å². The van der Waals surface area contributed by atoms with Crippen molar-refractivity contribution >= 4 is 0 Å². The maximum Gasteiger partial charge on any atom is 0.108 e. The fraction of sp³-hybridized carbons (Fsp3) is 0.700. The Balaban J connectivity index is 2.09. The molecule has 2 rings (SSSR count). The van der Waals surface area contributed by atoms with Crippen molar-refractivity contribution in [3.05, 3.63) is 18.2 Å². The van der Waals surface area contributed by atoms with Gasteiger partial charge in [0.2, 0.25) is 0 Å². The molecule has 0 radical (unpaired) electrons. The van der Waals surface area contributed by atoms with Crippen LogP contribution < -0.4 is 5.73 Å². The first kappa shape index (κ1) is 8.75. The van der Waals surface area contributed by atoms with Gasteiger partial charge in [-0.05, 0) is 19.4 Å². The standard InChI is InChI=1S/C10H17N3/c1-2-9-12-5-6-13(9)8-10(7-11)3-4-10/h5-6H,2-4,7-8,11H2,1H3. The van der Waals surface area contributed by atoms with Gasteiger partial charge in [-0.2, -0.15) is 0 Å². The maximum absolute atomic E-state index is 5.74. The zero-order valence-corrected chi connectivity index (χ0v) is 8.16. The van der Waals surface area contributed by atoms with Gasteiger partial charge in [0, 0.05) is 30.8 Å². The Labute approximate surface area is 79.0 Å². The quantitative estimate of drug-likeness (QED) is 0.754. The number of rotatable bonds is 4. The first-order valence-corrected chi connectivity index (χ1v) is 5.00. The van der Waals surface area contributed by atoms with Gasteiger partial charge in [0.1, 0.15) is 5.82 Å². The molecule has 13 heavy (non-hydrogen) atoms. The zero-order valence-electron chi connectivity index (χ0n) is 8.16.